The molecule has 0 spiro atoms. The fourth-order valence-corrected chi connectivity index (χ4v) is 1.32. The zero-order valence-corrected chi connectivity index (χ0v) is 8.45. The summed E-state index contributed by atoms with van der Waals surface area (Å²) in [6, 6.07) is 0.133. The zero-order valence-electron chi connectivity index (χ0n) is 8.45. The first-order chi connectivity index (χ1) is 6.10. The Labute approximate surface area is 81.0 Å². The van der Waals surface area contributed by atoms with Crippen LogP contribution < -0.4 is 0 Å². The molecule has 0 aliphatic heterocycles. The summed E-state index contributed by atoms with van der Waals surface area (Å²) in [6.07, 6.45) is 6.06. The predicted molar refractivity (Wildman–Crippen MR) is 56.5 cm³/mol. The topological polar surface area (TPSA) is 20.2 Å². The number of hydrogen-bond donors (Lipinski definition) is 1. The van der Waals surface area contributed by atoms with E-state index in [4.69, 9.17) is 0 Å². The smallest absolute Gasteiger partial charge is 0.127 e. The molecule has 0 heterocycles. The summed E-state index contributed by atoms with van der Waals surface area (Å²) < 4.78 is -0.0288. The number of quaternary nitrogens is 1. The van der Waals surface area contributed by atoms with Crippen LogP contribution in [-0.4, -0.2) is 29.0 Å². The number of rotatable bonds is 7. The van der Waals surface area contributed by atoms with Gasteiger partial charge in [-0.1, -0.05) is 19.2 Å². The van der Waals surface area contributed by atoms with Crippen LogP contribution in [0, 0.1) is 0 Å². The molecule has 0 radical (unpaired) electrons. The first-order valence-electron chi connectivity index (χ1n) is 4.53. The second-order valence-corrected chi connectivity index (χ2v) is 3.30. The Kier molecular flexibility index (Phi) is 5.35. The normalized spacial score (nSPS) is 13.4. The van der Waals surface area contributed by atoms with E-state index in [1.807, 2.05) is 13.0 Å². The lowest BCUT2D eigenvalue weighted by molar-refractivity contribution is -1.11. The lowest BCUT2D eigenvalue weighted by atomic mass is 10.2. The molecule has 0 aromatic heterocycles. The Morgan fingerprint density at radius 3 is 1.92 bits per heavy atom. The maximum Gasteiger partial charge on any atom is 0.127 e. The van der Waals surface area contributed by atoms with E-state index in [2.05, 4.69) is 19.7 Å². The summed E-state index contributed by atoms with van der Waals surface area (Å²) in [5, 5.41) is 10.2. The Morgan fingerprint density at radius 2 is 1.62 bits per heavy atom. The van der Waals surface area contributed by atoms with Crippen molar-refractivity contribution in [1.29, 1.82) is 0 Å². The Bertz CT molecular complexity index is 177. The fraction of sp³-hybridized carbons (Fsp3) is 0.455. The van der Waals surface area contributed by atoms with Gasteiger partial charge in [0, 0.05) is 6.42 Å². The van der Waals surface area contributed by atoms with Crippen molar-refractivity contribution in [3.63, 3.8) is 0 Å². The van der Waals surface area contributed by atoms with Gasteiger partial charge in [-0.05, 0) is 19.1 Å². The van der Waals surface area contributed by atoms with Crippen molar-refractivity contribution in [2.24, 2.45) is 0 Å². The molecule has 0 bridgehead atoms. The molecule has 0 amide bonds. The van der Waals surface area contributed by atoms with Gasteiger partial charge in [-0.25, -0.2) is 5.21 Å². The quantitative estimate of drug-likeness (QED) is 0.364. The molecule has 1 unspecified atom stereocenters. The fourth-order valence-electron chi connectivity index (χ4n) is 1.32. The second kappa shape index (κ2) is 5.73. The van der Waals surface area contributed by atoms with Crippen LogP contribution in [0.3, 0.4) is 0 Å². The van der Waals surface area contributed by atoms with Crippen molar-refractivity contribution in [3.8, 4) is 0 Å². The van der Waals surface area contributed by atoms with Crippen LogP contribution in [0.2, 0.25) is 0 Å². The Morgan fingerprint density at radius 1 is 1.15 bits per heavy atom. The Hall–Kier alpha value is -0.860. The van der Waals surface area contributed by atoms with E-state index < -0.39 is 0 Å². The van der Waals surface area contributed by atoms with Crippen LogP contribution in [-0.2, 0) is 0 Å². The zero-order chi connectivity index (χ0) is 10.3. The molecule has 1 atom stereocenters. The van der Waals surface area contributed by atoms with E-state index in [-0.39, 0.29) is 10.7 Å². The molecular formula is C11H20NO+. The SMILES string of the molecule is C=CCC(C)[N+](O)(CC=C)CC=C. The monoisotopic (exact) mass is 182 g/mol. The highest BCUT2D eigenvalue weighted by Crippen LogP contribution is 2.13. The van der Waals surface area contributed by atoms with Gasteiger partial charge in [-0.15, -0.1) is 6.58 Å². The van der Waals surface area contributed by atoms with Crippen molar-refractivity contribution in [2.75, 3.05) is 13.1 Å². The van der Waals surface area contributed by atoms with Crippen molar-refractivity contribution in [2.45, 2.75) is 19.4 Å². The third-order valence-corrected chi connectivity index (χ3v) is 2.22. The van der Waals surface area contributed by atoms with Crippen LogP contribution >= 0.6 is 0 Å². The summed E-state index contributed by atoms with van der Waals surface area (Å²) >= 11 is 0. The van der Waals surface area contributed by atoms with Crippen molar-refractivity contribution >= 4 is 0 Å². The van der Waals surface area contributed by atoms with Crippen LogP contribution in [0.5, 0.6) is 0 Å². The van der Waals surface area contributed by atoms with E-state index in [9.17, 15) is 5.21 Å². The highest BCUT2D eigenvalue weighted by atomic mass is 16.5. The first-order valence-corrected chi connectivity index (χ1v) is 4.53. The first kappa shape index (κ1) is 12.1. The minimum Gasteiger partial charge on any atom is -0.216 e. The average Bonchev–Trinajstić information content (AvgIpc) is 2.05. The van der Waals surface area contributed by atoms with Crippen LogP contribution in [0.15, 0.2) is 38.0 Å². The van der Waals surface area contributed by atoms with E-state index >= 15 is 0 Å². The van der Waals surface area contributed by atoms with Crippen LogP contribution in [0.1, 0.15) is 13.3 Å². The van der Waals surface area contributed by atoms with E-state index in [1.54, 1.807) is 12.2 Å². The van der Waals surface area contributed by atoms with Gasteiger partial charge in [0.15, 0.2) is 0 Å². The largest absolute Gasteiger partial charge is 0.216 e. The van der Waals surface area contributed by atoms with Gasteiger partial charge in [0.25, 0.3) is 0 Å². The average molecular weight is 182 g/mol. The third-order valence-electron chi connectivity index (χ3n) is 2.22. The summed E-state index contributed by atoms with van der Waals surface area (Å²) in [6.45, 7) is 14.0. The van der Waals surface area contributed by atoms with E-state index in [0.717, 1.165) is 6.42 Å². The van der Waals surface area contributed by atoms with Gasteiger partial charge in [-0.3, -0.25) is 0 Å². The molecule has 74 valence electrons. The van der Waals surface area contributed by atoms with E-state index in [0.29, 0.717) is 13.1 Å². The lowest BCUT2D eigenvalue weighted by Gasteiger charge is -2.33. The van der Waals surface area contributed by atoms with Gasteiger partial charge in [0.2, 0.25) is 0 Å². The number of hydroxylamine groups is 3. The minimum atomic E-state index is -0.0288. The number of hydrogen-bond acceptors (Lipinski definition) is 1. The molecule has 0 aromatic carbocycles. The molecule has 0 saturated heterocycles. The summed E-state index contributed by atoms with van der Waals surface area (Å²) in [5.74, 6) is 0. The standard InChI is InChI=1S/C11H20NO/c1-5-8-11(4)12(13,9-6-2)10-7-3/h5-7,11,13H,1-3,8-10H2,4H3/q+1. The molecule has 0 rings (SSSR count). The molecule has 0 aliphatic carbocycles. The molecule has 0 saturated carbocycles. The van der Waals surface area contributed by atoms with Gasteiger partial charge >= 0.3 is 0 Å². The van der Waals surface area contributed by atoms with Gasteiger partial charge in [0.05, 0.1) is 0 Å². The number of nitrogens with zero attached hydrogens (tertiary/aromatic N) is 1. The molecule has 2 heteroatoms. The summed E-state index contributed by atoms with van der Waals surface area (Å²) in [4.78, 5) is 0. The molecule has 2 nitrogen and oxygen atoms in total. The van der Waals surface area contributed by atoms with Crippen molar-refractivity contribution in [3.05, 3.63) is 38.0 Å². The molecule has 13 heavy (non-hydrogen) atoms. The second-order valence-electron chi connectivity index (χ2n) is 3.30. The van der Waals surface area contributed by atoms with Gasteiger partial charge in [0.1, 0.15) is 19.1 Å². The molecule has 0 aromatic rings. The Balaban J connectivity index is 4.43. The van der Waals surface area contributed by atoms with E-state index in [1.165, 1.54) is 0 Å². The molecule has 0 fully saturated rings. The molecule has 1 N–H and O–H groups in total. The highest BCUT2D eigenvalue weighted by molar-refractivity contribution is 4.75. The maximum absolute atomic E-state index is 10.2. The third kappa shape index (κ3) is 3.57. The van der Waals surface area contributed by atoms with Gasteiger partial charge < -0.3 is 0 Å². The molecule has 0 aliphatic rings. The summed E-state index contributed by atoms with van der Waals surface area (Å²) in [7, 11) is 0. The van der Waals surface area contributed by atoms with Crippen molar-refractivity contribution in [1.82, 2.24) is 0 Å². The van der Waals surface area contributed by atoms with Gasteiger partial charge in [-0.2, -0.15) is 4.65 Å². The highest BCUT2D eigenvalue weighted by Gasteiger charge is 2.28. The predicted octanol–water partition coefficient (Wildman–Crippen LogP) is 2.53. The lowest BCUT2D eigenvalue weighted by Crippen LogP contribution is -2.51. The van der Waals surface area contributed by atoms with Crippen molar-refractivity contribution < 1.29 is 9.85 Å². The maximum atomic E-state index is 10.2. The summed E-state index contributed by atoms with van der Waals surface area (Å²) in [5.41, 5.74) is 0. The minimum absolute atomic E-state index is 0.0288. The van der Waals surface area contributed by atoms with Crippen LogP contribution in [0.4, 0.5) is 0 Å². The molecular weight excluding hydrogens is 162 g/mol. The van der Waals surface area contributed by atoms with Crippen LogP contribution in [0.25, 0.3) is 0 Å².